The molecule has 112 valence electrons. The average molecular weight is 311 g/mol. The van der Waals surface area contributed by atoms with Crippen LogP contribution in [0.1, 0.15) is 17.3 Å². The Balaban J connectivity index is 1.99. The second-order valence-corrected chi connectivity index (χ2v) is 5.39. The number of nitrogens with two attached hydrogens (primary N) is 1. The first-order chi connectivity index (χ1) is 10.1. The molecule has 4 nitrogen and oxygen atoms in total. The van der Waals surface area contributed by atoms with E-state index in [-0.39, 0.29) is 24.0 Å². The van der Waals surface area contributed by atoms with Gasteiger partial charge in [0.1, 0.15) is 12.4 Å². The van der Waals surface area contributed by atoms with Crippen LogP contribution in [0.2, 0.25) is 0 Å². The highest BCUT2D eigenvalue weighted by molar-refractivity contribution is 7.71. The predicted octanol–water partition coefficient (Wildman–Crippen LogP) is 2.50. The van der Waals surface area contributed by atoms with Gasteiger partial charge in [-0.25, -0.2) is 8.78 Å². The van der Waals surface area contributed by atoms with Gasteiger partial charge in [0.05, 0.1) is 6.04 Å². The molecule has 0 radical (unpaired) electrons. The second-order valence-electron chi connectivity index (χ2n) is 5.00. The molecule has 0 unspecified atom stereocenters. The van der Waals surface area contributed by atoms with Crippen LogP contribution in [0.5, 0.6) is 5.75 Å². The van der Waals surface area contributed by atoms with Gasteiger partial charge in [-0.15, -0.1) is 0 Å². The maximum absolute atomic E-state index is 13.9. The molecule has 0 fully saturated rings. The van der Waals surface area contributed by atoms with Gasteiger partial charge in [0.2, 0.25) is 0 Å². The molecule has 0 saturated heterocycles. The summed E-state index contributed by atoms with van der Waals surface area (Å²) < 4.78 is 35.4. The summed E-state index contributed by atoms with van der Waals surface area (Å²) in [5.74, 6) is -0.989. The number of aromatic amines is 1. The summed E-state index contributed by atoms with van der Waals surface area (Å²) in [5.41, 5.74) is 6.79. The van der Waals surface area contributed by atoms with Crippen molar-refractivity contribution in [2.24, 2.45) is 5.73 Å². The maximum Gasteiger partial charge on any atom is 0.177 e. The molecule has 3 N–H and O–H groups in total. The van der Waals surface area contributed by atoms with Crippen molar-refractivity contribution in [2.75, 3.05) is 13.2 Å². The highest BCUT2D eigenvalue weighted by Crippen LogP contribution is 2.34. The van der Waals surface area contributed by atoms with Crippen molar-refractivity contribution >= 4 is 12.2 Å². The first-order valence-electron chi connectivity index (χ1n) is 6.70. The fourth-order valence-corrected chi connectivity index (χ4v) is 3.04. The number of hydrogen-bond donors (Lipinski definition) is 2. The van der Waals surface area contributed by atoms with E-state index in [0.717, 1.165) is 17.8 Å². The lowest BCUT2D eigenvalue weighted by Crippen LogP contribution is -2.27. The fourth-order valence-electron chi connectivity index (χ4n) is 2.72. The van der Waals surface area contributed by atoms with Crippen LogP contribution in [0, 0.1) is 16.4 Å². The van der Waals surface area contributed by atoms with Gasteiger partial charge in [0.25, 0.3) is 0 Å². The molecule has 2 heterocycles. The van der Waals surface area contributed by atoms with E-state index >= 15 is 0 Å². The highest BCUT2D eigenvalue weighted by Gasteiger charge is 2.28. The molecule has 0 aliphatic carbocycles. The maximum atomic E-state index is 13.9. The normalized spacial score (nSPS) is 17.4. The third-order valence-corrected chi connectivity index (χ3v) is 3.99. The number of halogens is 2. The summed E-state index contributed by atoms with van der Waals surface area (Å²) in [6, 6.07) is 2.03. The van der Waals surface area contributed by atoms with Gasteiger partial charge in [-0.3, -0.25) is 0 Å². The topological polar surface area (TPSA) is 56.0 Å². The Labute approximate surface area is 125 Å². The number of fused-ring (bicyclic) bond motifs is 1. The molecule has 1 aromatic carbocycles. The van der Waals surface area contributed by atoms with Crippen molar-refractivity contribution in [1.29, 1.82) is 0 Å². The quantitative estimate of drug-likeness (QED) is 0.856. The summed E-state index contributed by atoms with van der Waals surface area (Å²) >= 11 is 5.27. The molecule has 21 heavy (non-hydrogen) atoms. The number of aromatic nitrogens is 2. The van der Waals surface area contributed by atoms with Gasteiger partial charge in [-0.05, 0) is 30.9 Å². The Kier molecular flexibility index (Phi) is 3.77. The number of hydrogen-bond acceptors (Lipinski definition) is 3. The summed E-state index contributed by atoms with van der Waals surface area (Å²) in [4.78, 5) is 2.97. The first kappa shape index (κ1) is 14.2. The molecule has 0 spiro atoms. The van der Waals surface area contributed by atoms with Gasteiger partial charge < -0.3 is 20.0 Å². The second kappa shape index (κ2) is 5.57. The van der Waals surface area contributed by atoms with Crippen LogP contribution in [0.15, 0.2) is 18.3 Å². The van der Waals surface area contributed by atoms with E-state index in [1.807, 2.05) is 4.57 Å². The molecule has 3 rings (SSSR count). The van der Waals surface area contributed by atoms with E-state index in [9.17, 15) is 8.78 Å². The van der Waals surface area contributed by atoms with Gasteiger partial charge in [0, 0.05) is 30.3 Å². The largest absolute Gasteiger partial charge is 0.488 e. The van der Waals surface area contributed by atoms with Crippen LogP contribution < -0.4 is 10.5 Å². The smallest absolute Gasteiger partial charge is 0.177 e. The molecule has 1 aliphatic heterocycles. The van der Waals surface area contributed by atoms with E-state index < -0.39 is 11.6 Å². The minimum absolute atomic E-state index is 0.00804. The standard InChI is InChI=1S/C14H15F2N3OS/c15-11-1-2-12(16)13-10(11)5-9(7-20-13)19-8(3-4-17)6-18-14(19)21/h1-2,6,9H,3-5,7,17H2,(H,18,21)/t9-/m1/s1. The molecule has 1 aliphatic rings. The molecule has 0 saturated carbocycles. The fraction of sp³-hybridized carbons (Fsp3) is 0.357. The van der Waals surface area contributed by atoms with E-state index in [0.29, 0.717) is 24.2 Å². The van der Waals surface area contributed by atoms with Crippen molar-refractivity contribution in [3.63, 3.8) is 0 Å². The zero-order chi connectivity index (χ0) is 15.0. The zero-order valence-electron chi connectivity index (χ0n) is 11.2. The van der Waals surface area contributed by atoms with Crippen LogP contribution >= 0.6 is 12.2 Å². The predicted molar refractivity (Wildman–Crippen MR) is 77.0 cm³/mol. The molecule has 0 bridgehead atoms. The van der Waals surface area contributed by atoms with Crippen molar-refractivity contribution in [3.05, 3.63) is 46.0 Å². The first-order valence-corrected chi connectivity index (χ1v) is 7.11. The van der Waals surface area contributed by atoms with Gasteiger partial charge in [-0.2, -0.15) is 0 Å². The number of nitrogens with zero attached hydrogens (tertiary/aromatic N) is 1. The molecule has 0 amide bonds. The lowest BCUT2D eigenvalue weighted by molar-refractivity contribution is 0.207. The molecule has 1 aromatic heterocycles. The minimum Gasteiger partial charge on any atom is -0.488 e. The van der Waals surface area contributed by atoms with E-state index in [1.165, 1.54) is 0 Å². The molecular weight excluding hydrogens is 296 g/mol. The van der Waals surface area contributed by atoms with E-state index in [2.05, 4.69) is 4.98 Å². The summed E-state index contributed by atoms with van der Waals surface area (Å²) in [6.07, 6.45) is 2.79. The van der Waals surface area contributed by atoms with Crippen molar-refractivity contribution in [3.8, 4) is 5.75 Å². The Morgan fingerprint density at radius 2 is 2.14 bits per heavy atom. The van der Waals surface area contributed by atoms with Crippen molar-refractivity contribution < 1.29 is 13.5 Å². The summed E-state index contributed by atoms with van der Waals surface area (Å²) in [6.45, 7) is 0.733. The average Bonchev–Trinajstić information content (AvgIpc) is 2.84. The summed E-state index contributed by atoms with van der Waals surface area (Å²) in [5, 5.41) is 0. The number of imidazole rings is 1. The Morgan fingerprint density at radius 3 is 2.90 bits per heavy atom. The van der Waals surface area contributed by atoms with Gasteiger partial charge >= 0.3 is 0 Å². The highest BCUT2D eigenvalue weighted by atomic mass is 32.1. The monoisotopic (exact) mass is 311 g/mol. The number of H-pyrrole nitrogens is 1. The Bertz CT molecular complexity index is 725. The van der Waals surface area contributed by atoms with Crippen molar-refractivity contribution in [1.82, 2.24) is 9.55 Å². The number of nitrogens with one attached hydrogen (secondary N) is 1. The molecule has 1 atom stereocenters. The van der Waals surface area contributed by atoms with E-state index in [1.54, 1.807) is 6.20 Å². The number of rotatable bonds is 3. The van der Waals surface area contributed by atoms with Crippen molar-refractivity contribution in [2.45, 2.75) is 18.9 Å². The third-order valence-electron chi connectivity index (χ3n) is 3.67. The minimum atomic E-state index is -0.537. The Hall–Kier alpha value is -1.73. The number of benzene rings is 1. The van der Waals surface area contributed by atoms with Crippen LogP contribution in [0.25, 0.3) is 0 Å². The molecular formula is C14H15F2N3OS. The van der Waals surface area contributed by atoms with Gasteiger partial charge in [0.15, 0.2) is 16.3 Å². The lowest BCUT2D eigenvalue weighted by atomic mass is 10.0. The third kappa shape index (κ3) is 2.47. The SMILES string of the molecule is NCCc1c[nH]c(=S)n1[C@H]1COc2c(F)ccc(F)c2C1. The van der Waals surface area contributed by atoms with Crippen LogP contribution in [0.4, 0.5) is 8.78 Å². The van der Waals surface area contributed by atoms with Crippen LogP contribution in [-0.4, -0.2) is 22.7 Å². The van der Waals surface area contributed by atoms with E-state index in [4.69, 9.17) is 22.7 Å². The molecule has 2 aromatic rings. The Morgan fingerprint density at radius 1 is 1.38 bits per heavy atom. The van der Waals surface area contributed by atoms with Gasteiger partial charge in [-0.1, -0.05) is 0 Å². The summed E-state index contributed by atoms with van der Waals surface area (Å²) in [7, 11) is 0. The lowest BCUT2D eigenvalue weighted by Gasteiger charge is -2.28. The zero-order valence-corrected chi connectivity index (χ0v) is 12.1. The van der Waals surface area contributed by atoms with Crippen LogP contribution in [-0.2, 0) is 12.8 Å². The molecule has 7 heteroatoms. The van der Waals surface area contributed by atoms with Crippen LogP contribution in [0.3, 0.4) is 0 Å². The number of ether oxygens (including phenoxy) is 1.